The van der Waals surface area contributed by atoms with Crippen LogP contribution in [0.4, 0.5) is 0 Å². The predicted octanol–water partition coefficient (Wildman–Crippen LogP) is 1.79. The Bertz CT molecular complexity index is 613. The number of carboxylic acid groups (broad SMARTS) is 1. The van der Waals surface area contributed by atoms with Gasteiger partial charge >= 0.3 is 5.97 Å². The second-order valence-electron chi connectivity index (χ2n) is 4.45. The summed E-state index contributed by atoms with van der Waals surface area (Å²) in [5, 5.41) is 13.0. The zero-order valence-corrected chi connectivity index (χ0v) is 9.90. The van der Waals surface area contributed by atoms with Crippen molar-refractivity contribution in [1.29, 1.82) is 0 Å². The van der Waals surface area contributed by atoms with Crippen molar-refractivity contribution in [2.24, 2.45) is 0 Å². The molecule has 5 heteroatoms. The van der Waals surface area contributed by atoms with E-state index in [1.165, 1.54) is 6.07 Å². The molecule has 1 aliphatic rings. The summed E-state index contributed by atoms with van der Waals surface area (Å²) in [6.07, 6.45) is 0.104. The largest absolute Gasteiger partial charge is 0.487 e. The molecule has 5 nitrogen and oxygen atoms in total. The molecule has 1 fully saturated rings. The third-order valence-electron chi connectivity index (χ3n) is 3.01. The van der Waals surface area contributed by atoms with Crippen LogP contribution in [0.25, 0.3) is 11.0 Å². The third kappa shape index (κ3) is 1.82. The van der Waals surface area contributed by atoms with Crippen LogP contribution in [0.5, 0.6) is 5.75 Å². The van der Waals surface area contributed by atoms with Gasteiger partial charge in [0.15, 0.2) is 0 Å². The van der Waals surface area contributed by atoms with Crippen LogP contribution in [-0.4, -0.2) is 30.3 Å². The Kier molecular flexibility index (Phi) is 2.48. The van der Waals surface area contributed by atoms with Crippen LogP contribution in [0, 0.1) is 6.92 Å². The molecule has 3 rings (SSSR count). The number of carboxylic acids is 1. The smallest absolute Gasteiger partial charge is 0.335 e. The van der Waals surface area contributed by atoms with Crippen molar-refractivity contribution in [1.82, 2.24) is 5.32 Å². The van der Waals surface area contributed by atoms with Crippen molar-refractivity contribution in [2.45, 2.75) is 13.0 Å². The molecule has 18 heavy (non-hydrogen) atoms. The molecule has 0 unspecified atom stereocenters. The number of carbonyl (C=O) groups is 1. The highest BCUT2D eigenvalue weighted by molar-refractivity contribution is 5.95. The molecule has 2 N–H and O–H groups in total. The van der Waals surface area contributed by atoms with Crippen LogP contribution in [0.1, 0.15) is 16.1 Å². The van der Waals surface area contributed by atoms with Crippen LogP contribution in [0.3, 0.4) is 0 Å². The average Bonchev–Trinajstić information content (AvgIpc) is 2.63. The summed E-state index contributed by atoms with van der Waals surface area (Å²) in [6.45, 7) is 3.40. The molecule has 0 bridgehead atoms. The maximum absolute atomic E-state index is 11.1. The van der Waals surface area contributed by atoms with Gasteiger partial charge in [-0.15, -0.1) is 0 Å². The molecule has 0 radical (unpaired) electrons. The quantitative estimate of drug-likeness (QED) is 0.865. The van der Waals surface area contributed by atoms with E-state index in [9.17, 15) is 4.79 Å². The number of hydrogen-bond donors (Lipinski definition) is 2. The van der Waals surface area contributed by atoms with Gasteiger partial charge in [0.25, 0.3) is 0 Å². The number of nitrogens with one attached hydrogen (secondary N) is 1. The van der Waals surface area contributed by atoms with E-state index < -0.39 is 5.97 Å². The van der Waals surface area contributed by atoms with Crippen molar-refractivity contribution < 1.29 is 19.1 Å². The van der Waals surface area contributed by atoms with Gasteiger partial charge in [-0.2, -0.15) is 0 Å². The topological polar surface area (TPSA) is 71.7 Å². The van der Waals surface area contributed by atoms with Gasteiger partial charge in [-0.05, 0) is 25.1 Å². The minimum Gasteiger partial charge on any atom is -0.487 e. The number of benzene rings is 1. The lowest BCUT2D eigenvalue weighted by molar-refractivity contribution is 0.0695. The Morgan fingerprint density at radius 2 is 2.22 bits per heavy atom. The molecule has 1 saturated heterocycles. The van der Waals surface area contributed by atoms with Gasteiger partial charge in [0.2, 0.25) is 0 Å². The molecule has 1 aromatic heterocycles. The van der Waals surface area contributed by atoms with Gasteiger partial charge in [0.05, 0.1) is 10.9 Å². The van der Waals surface area contributed by atoms with Gasteiger partial charge in [-0.25, -0.2) is 4.79 Å². The van der Waals surface area contributed by atoms with Crippen LogP contribution in [0.15, 0.2) is 22.6 Å². The lowest BCUT2D eigenvalue weighted by Crippen LogP contribution is -2.50. The van der Waals surface area contributed by atoms with Crippen molar-refractivity contribution in [3.63, 3.8) is 0 Å². The monoisotopic (exact) mass is 247 g/mol. The first-order valence-corrected chi connectivity index (χ1v) is 5.78. The van der Waals surface area contributed by atoms with E-state index in [2.05, 4.69) is 5.32 Å². The number of hydrogen-bond acceptors (Lipinski definition) is 4. The van der Waals surface area contributed by atoms with Crippen molar-refractivity contribution in [2.75, 3.05) is 13.1 Å². The molecular weight excluding hydrogens is 234 g/mol. The molecule has 1 aliphatic heterocycles. The van der Waals surface area contributed by atoms with Crippen LogP contribution in [-0.2, 0) is 0 Å². The van der Waals surface area contributed by atoms with E-state index in [4.69, 9.17) is 14.3 Å². The number of ether oxygens (including phenoxy) is 1. The van der Waals surface area contributed by atoms with Gasteiger partial charge in [0, 0.05) is 13.1 Å². The van der Waals surface area contributed by atoms with E-state index in [0.717, 1.165) is 24.2 Å². The molecule has 0 aliphatic carbocycles. The van der Waals surface area contributed by atoms with Crippen molar-refractivity contribution in [3.05, 3.63) is 29.5 Å². The van der Waals surface area contributed by atoms with Crippen molar-refractivity contribution >= 4 is 16.9 Å². The zero-order chi connectivity index (χ0) is 12.7. The Hall–Kier alpha value is -2.01. The number of furan rings is 1. The highest BCUT2D eigenvalue weighted by Gasteiger charge is 2.21. The second-order valence-corrected chi connectivity index (χ2v) is 4.45. The van der Waals surface area contributed by atoms with Crippen molar-refractivity contribution in [3.8, 4) is 5.75 Å². The molecule has 0 atom stereocenters. The molecule has 2 aromatic rings. The van der Waals surface area contributed by atoms with Crippen LogP contribution < -0.4 is 10.1 Å². The Morgan fingerprint density at radius 3 is 2.83 bits per heavy atom. The highest BCUT2D eigenvalue weighted by Crippen LogP contribution is 2.31. The lowest BCUT2D eigenvalue weighted by Gasteiger charge is -2.28. The fraction of sp³-hybridized carbons (Fsp3) is 0.308. The summed E-state index contributed by atoms with van der Waals surface area (Å²) >= 11 is 0. The summed E-state index contributed by atoms with van der Waals surface area (Å²) in [5.41, 5.74) is 0.730. The van der Waals surface area contributed by atoms with Crippen LogP contribution >= 0.6 is 0 Å². The average molecular weight is 247 g/mol. The van der Waals surface area contributed by atoms with E-state index in [1.54, 1.807) is 6.07 Å². The number of fused-ring (bicyclic) bond motifs is 1. The van der Waals surface area contributed by atoms with Gasteiger partial charge in [0.1, 0.15) is 23.2 Å². The zero-order valence-electron chi connectivity index (χ0n) is 9.90. The number of aryl methyl sites for hydroxylation is 1. The first kappa shape index (κ1) is 11.1. The minimum absolute atomic E-state index is 0.104. The molecule has 94 valence electrons. The molecule has 2 heterocycles. The molecule has 0 spiro atoms. The van der Waals surface area contributed by atoms with E-state index in [0.29, 0.717) is 11.3 Å². The number of rotatable bonds is 3. The SMILES string of the molecule is Cc1cc2c(OC3CNC3)cc(C(=O)O)cc2o1. The standard InChI is InChI=1S/C13H13NO4/c1-7-2-10-11(17-7)3-8(13(15)16)4-12(10)18-9-5-14-6-9/h2-4,9,14H,5-6H2,1H3,(H,15,16). The number of aromatic carboxylic acids is 1. The molecule has 0 saturated carbocycles. The van der Waals surface area contributed by atoms with Gasteiger partial charge < -0.3 is 19.6 Å². The van der Waals surface area contributed by atoms with Gasteiger partial charge in [-0.1, -0.05) is 0 Å². The summed E-state index contributed by atoms with van der Waals surface area (Å²) in [4.78, 5) is 11.1. The summed E-state index contributed by atoms with van der Waals surface area (Å²) in [5.74, 6) is 0.333. The Morgan fingerprint density at radius 1 is 1.44 bits per heavy atom. The first-order chi connectivity index (χ1) is 8.63. The third-order valence-corrected chi connectivity index (χ3v) is 3.01. The maximum atomic E-state index is 11.1. The van der Waals surface area contributed by atoms with E-state index in [-0.39, 0.29) is 11.7 Å². The fourth-order valence-electron chi connectivity index (χ4n) is 1.98. The summed E-state index contributed by atoms with van der Waals surface area (Å²) in [6, 6.07) is 4.94. The highest BCUT2D eigenvalue weighted by atomic mass is 16.5. The van der Waals surface area contributed by atoms with E-state index in [1.807, 2.05) is 13.0 Å². The van der Waals surface area contributed by atoms with Gasteiger partial charge in [-0.3, -0.25) is 0 Å². The van der Waals surface area contributed by atoms with E-state index >= 15 is 0 Å². The normalized spacial score (nSPS) is 15.6. The second kappa shape index (κ2) is 4.03. The maximum Gasteiger partial charge on any atom is 0.335 e. The molecular formula is C13H13NO4. The van der Waals surface area contributed by atoms with Crippen LogP contribution in [0.2, 0.25) is 0 Å². The summed E-state index contributed by atoms with van der Waals surface area (Å²) in [7, 11) is 0. The fourth-order valence-corrected chi connectivity index (χ4v) is 1.98. The Balaban J connectivity index is 2.09. The Labute approximate surface area is 103 Å². The molecule has 1 aromatic carbocycles. The predicted molar refractivity (Wildman–Crippen MR) is 65.2 cm³/mol. The summed E-state index contributed by atoms with van der Waals surface area (Å²) < 4.78 is 11.3. The molecule has 0 amide bonds. The minimum atomic E-state index is -0.984. The first-order valence-electron chi connectivity index (χ1n) is 5.78. The lowest BCUT2D eigenvalue weighted by atomic mass is 10.1.